The molecule has 0 saturated carbocycles. The minimum absolute atomic E-state index is 0.280. The second-order valence-corrected chi connectivity index (χ2v) is 8.69. The van der Waals surface area contributed by atoms with Gasteiger partial charge in [0.05, 0.1) is 8.95 Å². The van der Waals surface area contributed by atoms with E-state index in [2.05, 4.69) is 71.9 Å². The third-order valence-electron chi connectivity index (χ3n) is 4.12. The third-order valence-corrected chi connectivity index (χ3v) is 6.19. The normalized spacial score (nSPS) is 17.9. The average molecular weight is 499 g/mol. The van der Waals surface area contributed by atoms with Crippen molar-refractivity contribution < 1.29 is 5.11 Å². The van der Waals surface area contributed by atoms with E-state index >= 15 is 0 Å². The van der Waals surface area contributed by atoms with Gasteiger partial charge in [-0.05, 0) is 56.7 Å². The smallest absolute Gasteiger partial charge is 0.144 e. The Morgan fingerprint density at radius 1 is 1.14 bits per heavy atom. The molecule has 0 spiro atoms. The summed E-state index contributed by atoms with van der Waals surface area (Å²) in [5.74, 6) is 0.954. The van der Waals surface area contributed by atoms with Gasteiger partial charge in [0.15, 0.2) is 0 Å². The highest BCUT2D eigenvalue weighted by Gasteiger charge is 2.27. The Balaban J connectivity index is 2.37. The summed E-state index contributed by atoms with van der Waals surface area (Å²) in [6.07, 6.45) is 2.26. The van der Waals surface area contributed by atoms with Gasteiger partial charge >= 0.3 is 0 Å². The Kier molecular flexibility index (Phi) is 7.20. The number of hydrogen-bond acceptors (Lipinski definition) is 3. The number of halogens is 3. The summed E-state index contributed by atoms with van der Waals surface area (Å²) >= 11 is 10.7. The van der Waals surface area contributed by atoms with Crippen LogP contribution in [0.5, 0.6) is 5.75 Å². The van der Waals surface area contributed by atoms with Crippen molar-refractivity contribution in [3.63, 3.8) is 0 Å². The molecule has 0 bridgehead atoms. The van der Waals surface area contributed by atoms with Crippen molar-refractivity contribution in [2.75, 3.05) is 26.2 Å². The summed E-state index contributed by atoms with van der Waals surface area (Å²) in [4.78, 5) is 2.52. The Morgan fingerprint density at radius 3 is 2.36 bits per heavy atom. The molecule has 124 valence electrons. The summed E-state index contributed by atoms with van der Waals surface area (Å²) in [5, 5.41) is 13.7. The molecule has 0 radical (unpaired) electrons. The van der Waals surface area contributed by atoms with Gasteiger partial charge in [-0.1, -0.05) is 29.8 Å². The maximum atomic E-state index is 10.3. The molecule has 1 aliphatic rings. The Morgan fingerprint density at radius 2 is 1.77 bits per heavy atom. The van der Waals surface area contributed by atoms with Gasteiger partial charge in [-0.3, -0.25) is 4.90 Å². The maximum Gasteiger partial charge on any atom is 0.144 e. The van der Waals surface area contributed by atoms with Crippen LogP contribution < -0.4 is 5.32 Å². The number of aromatic hydroxyl groups is 1. The van der Waals surface area contributed by atoms with E-state index in [0.717, 1.165) is 47.1 Å². The number of phenols is 1. The number of rotatable bonds is 5. The topological polar surface area (TPSA) is 35.5 Å². The first kappa shape index (κ1) is 18.7. The molecular formula is C16H23Br3N2O. The van der Waals surface area contributed by atoms with Gasteiger partial charge in [0.2, 0.25) is 0 Å². The van der Waals surface area contributed by atoms with Crippen molar-refractivity contribution in [2.45, 2.75) is 32.7 Å². The number of nitrogens with zero attached hydrogens (tertiary/aromatic N) is 1. The van der Waals surface area contributed by atoms with Crippen LogP contribution in [0, 0.1) is 5.92 Å². The van der Waals surface area contributed by atoms with Gasteiger partial charge in [-0.15, -0.1) is 0 Å². The van der Waals surface area contributed by atoms with Gasteiger partial charge in [-0.2, -0.15) is 0 Å². The molecule has 2 N–H and O–H groups in total. The molecule has 1 saturated heterocycles. The molecule has 1 aromatic carbocycles. The van der Waals surface area contributed by atoms with E-state index in [1.807, 2.05) is 6.07 Å². The minimum Gasteiger partial charge on any atom is -0.506 e. The summed E-state index contributed by atoms with van der Waals surface area (Å²) in [7, 11) is 0. The van der Waals surface area contributed by atoms with E-state index in [-0.39, 0.29) is 5.75 Å². The summed E-state index contributed by atoms with van der Waals surface area (Å²) in [6.45, 7) is 8.65. The molecule has 0 amide bonds. The highest BCUT2D eigenvalue weighted by Crippen LogP contribution is 2.45. The van der Waals surface area contributed by atoms with E-state index in [9.17, 15) is 5.11 Å². The molecule has 6 heteroatoms. The molecule has 0 aliphatic carbocycles. The predicted octanol–water partition coefficient (Wildman–Crippen LogP) is 5.06. The van der Waals surface area contributed by atoms with Crippen molar-refractivity contribution in [1.29, 1.82) is 0 Å². The van der Waals surface area contributed by atoms with E-state index in [1.165, 1.54) is 6.42 Å². The monoisotopic (exact) mass is 496 g/mol. The van der Waals surface area contributed by atoms with Crippen LogP contribution in [-0.2, 0) is 0 Å². The van der Waals surface area contributed by atoms with E-state index in [1.54, 1.807) is 0 Å². The van der Waals surface area contributed by atoms with Crippen LogP contribution in [0.2, 0.25) is 0 Å². The fraction of sp³-hybridized carbons (Fsp3) is 0.625. The number of piperazine rings is 1. The Bertz CT molecular complexity index is 517. The van der Waals surface area contributed by atoms with Crippen LogP contribution in [0.3, 0.4) is 0 Å². The minimum atomic E-state index is 0.280. The highest BCUT2D eigenvalue weighted by atomic mass is 79.9. The molecule has 0 aromatic heterocycles. The lowest BCUT2D eigenvalue weighted by atomic mass is 9.95. The SMILES string of the molecule is CC(C)CC[C@@H](c1c(Br)cc(Br)c(O)c1Br)N1CCNCC1. The van der Waals surface area contributed by atoms with Gasteiger partial charge in [0.25, 0.3) is 0 Å². The number of nitrogens with one attached hydrogen (secondary N) is 1. The zero-order chi connectivity index (χ0) is 16.3. The lowest BCUT2D eigenvalue weighted by Gasteiger charge is -2.36. The molecule has 1 atom stereocenters. The summed E-state index contributed by atoms with van der Waals surface area (Å²) in [5.41, 5.74) is 1.16. The molecule has 3 nitrogen and oxygen atoms in total. The predicted molar refractivity (Wildman–Crippen MR) is 102 cm³/mol. The Hall–Kier alpha value is 0.380. The van der Waals surface area contributed by atoms with Gasteiger partial charge in [0.1, 0.15) is 5.75 Å². The van der Waals surface area contributed by atoms with Crippen molar-refractivity contribution >= 4 is 47.8 Å². The molecule has 1 aromatic rings. The zero-order valence-electron chi connectivity index (χ0n) is 13.0. The van der Waals surface area contributed by atoms with E-state index in [0.29, 0.717) is 16.4 Å². The third kappa shape index (κ3) is 4.47. The molecule has 22 heavy (non-hydrogen) atoms. The highest BCUT2D eigenvalue weighted by molar-refractivity contribution is 9.11. The van der Waals surface area contributed by atoms with Crippen LogP contribution in [-0.4, -0.2) is 36.2 Å². The first-order valence-corrected chi connectivity index (χ1v) is 10.1. The second kappa shape index (κ2) is 8.47. The van der Waals surface area contributed by atoms with Crippen molar-refractivity contribution in [1.82, 2.24) is 10.2 Å². The van der Waals surface area contributed by atoms with E-state index in [4.69, 9.17) is 0 Å². The quantitative estimate of drug-likeness (QED) is 0.595. The average Bonchev–Trinajstić information content (AvgIpc) is 2.49. The molecule has 0 unspecified atom stereocenters. The maximum absolute atomic E-state index is 10.3. The lowest BCUT2D eigenvalue weighted by molar-refractivity contribution is 0.158. The number of hydrogen-bond donors (Lipinski definition) is 2. The summed E-state index contributed by atoms with van der Waals surface area (Å²) in [6, 6.07) is 2.26. The van der Waals surface area contributed by atoms with Crippen LogP contribution in [0.4, 0.5) is 0 Å². The van der Waals surface area contributed by atoms with Crippen LogP contribution in [0.1, 0.15) is 38.3 Å². The molecule has 1 fully saturated rings. The zero-order valence-corrected chi connectivity index (χ0v) is 17.8. The standard InChI is InChI=1S/C16H23Br3N2O/c1-10(2)3-4-13(21-7-5-20-6-8-21)14-11(17)9-12(18)16(22)15(14)19/h9-10,13,20,22H,3-8H2,1-2H3/t13-/m0/s1. The molecular weight excluding hydrogens is 476 g/mol. The van der Waals surface area contributed by atoms with Gasteiger partial charge in [-0.25, -0.2) is 0 Å². The molecule has 1 aliphatic heterocycles. The fourth-order valence-corrected chi connectivity index (χ4v) is 5.54. The van der Waals surface area contributed by atoms with Crippen molar-refractivity contribution in [3.05, 3.63) is 25.0 Å². The van der Waals surface area contributed by atoms with E-state index < -0.39 is 0 Å². The largest absolute Gasteiger partial charge is 0.506 e. The first-order valence-electron chi connectivity index (χ1n) is 7.73. The van der Waals surface area contributed by atoms with Crippen LogP contribution >= 0.6 is 47.8 Å². The number of phenolic OH excluding ortho intramolecular Hbond substituents is 1. The lowest BCUT2D eigenvalue weighted by Crippen LogP contribution is -2.45. The second-order valence-electron chi connectivity index (χ2n) is 6.19. The van der Waals surface area contributed by atoms with Crippen LogP contribution in [0.15, 0.2) is 19.5 Å². The molecule has 2 rings (SSSR count). The van der Waals surface area contributed by atoms with Crippen LogP contribution in [0.25, 0.3) is 0 Å². The van der Waals surface area contributed by atoms with Crippen molar-refractivity contribution in [2.24, 2.45) is 5.92 Å². The first-order chi connectivity index (χ1) is 10.4. The fourth-order valence-electron chi connectivity index (χ4n) is 2.89. The Labute approximate surface area is 158 Å². The van der Waals surface area contributed by atoms with Crippen molar-refractivity contribution in [3.8, 4) is 5.75 Å². The summed E-state index contributed by atoms with van der Waals surface area (Å²) < 4.78 is 2.54. The van der Waals surface area contributed by atoms with Gasteiger partial charge in [0, 0.05) is 42.3 Å². The van der Waals surface area contributed by atoms with Gasteiger partial charge < -0.3 is 10.4 Å². The molecule has 1 heterocycles. The number of benzene rings is 1.